The third kappa shape index (κ3) is 3.40. The van der Waals surface area contributed by atoms with Crippen molar-refractivity contribution >= 4 is 0 Å². The highest BCUT2D eigenvalue weighted by Gasteiger charge is 2.16. The van der Waals surface area contributed by atoms with E-state index in [2.05, 4.69) is 19.9 Å². The quantitative estimate of drug-likeness (QED) is 0.629. The fourth-order valence-electron chi connectivity index (χ4n) is 1.83. The van der Waals surface area contributed by atoms with E-state index in [1.54, 1.807) is 0 Å². The minimum atomic E-state index is 0.493. The van der Waals surface area contributed by atoms with Crippen LogP contribution in [-0.4, -0.2) is 6.04 Å². The Labute approximate surface area is 76.0 Å². The van der Waals surface area contributed by atoms with Crippen molar-refractivity contribution < 1.29 is 0 Å². The molecule has 0 atom stereocenters. The Morgan fingerprint density at radius 1 is 1.25 bits per heavy atom. The summed E-state index contributed by atoms with van der Waals surface area (Å²) >= 11 is 0. The molecule has 0 heterocycles. The Morgan fingerprint density at radius 3 is 2.33 bits per heavy atom. The first-order valence-electron chi connectivity index (χ1n) is 5.07. The summed E-state index contributed by atoms with van der Waals surface area (Å²) in [5.74, 6) is 0.916. The molecular weight excluding hydrogens is 146 g/mol. The predicted octanol–water partition coefficient (Wildman–Crippen LogP) is 2.86. The first-order chi connectivity index (χ1) is 5.68. The number of nitrogens with two attached hydrogens (primary N) is 1. The van der Waals surface area contributed by atoms with Crippen LogP contribution in [0.4, 0.5) is 0 Å². The molecule has 1 fully saturated rings. The van der Waals surface area contributed by atoms with Gasteiger partial charge in [0.1, 0.15) is 0 Å². The van der Waals surface area contributed by atoms with E-state index in [1.165, 1.54) is 37.7 Å². The molecule has 1 rings (SSSR count). The molecule has 0 aromatic rings. The van der Waals surface area contributed by atoms with Gasteiger partial charge in [0.25, 0.3) is 0 Å². The fourth-order valence-corrected chi connectivity index (χ4v) is 1.83. The Hall–Kier alpha value is -0.300. The molecule has 1 aliphatic rings. The molecule has 1 nitrogen and oxygen atoms in total. The lowest BCUT2D eigenvalue weighted by Gasteiger charge is -2.25. The first kappa shape index (κ1) is 9.79. The second kappa shape index (κ2) is 4.66. The molecule has 1 saturated carbocycles. The summed E-state index contributed by atoms with van der Waals surface area (Å²) in [7, 11) is 0. The summed E-state index contributed by atoms with van der Waals surface area (Å²) in [5.41, 5.74) is 7.29. The second-order valence-electron chi connectivity index (χ2n) is 4.30. The summed E-state index contributed by atoms with van der Waals surface area (Å²) in [4.78, 5) is 0. The SMILES string of the molecule is CC(C)=CC[C@H]1CC[C@H](N)CC1. The summed E-state index contributed by atoms with van der Waals surface area (Å²) in [6.07, 6.45) is 8.79. The van der Waals surface area contributed by atoms with Crippen LogP contribution in [0.1, 0.15) is 46.0 Å². The molecule has 1 heteroatoms. The van der Waals surface area contributed by atoms with Gasteiger partial charge in [-0.05, 0) is 51.9 Å². The monoisotopic (exact) mass is 167 g/mol. The molecule has 0 unspecified atom stereocenters. The number of allylic oxidation sites excluding steroid dienone is 2. The Kier molecular flexibility index (Phi) is 3.80. The molecule has 0 amide bonds. The smallest absolute Gasteiger partial charge is 0.00390 e. The maximum Gasteiger partial charge on any atom is 0.00390 e. The zero-order valence-electron chi connectivity index (χ0n) is 8.34. The summed E-state index contributed by atoms with van der Waals surface area (Å²) < 4.78 is 0. The molecule has 70 valence electrons. The lowest BCUT2D eigenvalue weighted by molar-refractivity contribution is 0.328. The van der Waals surface area contributed by atoms with Crippen molar-refractivity contribution in [2.75, 3.05) is 0 Å². The largest absolute Gasteiger partial charge is 0.328 e. The van der Waals surface area contributed by atoms with Crippen LogP contribution < -0.4 is 5.73 Å². The van der Waals surface area contributed by atoms with Crippen LogP contribution in [0.3, 0.4) is 0 Å². The third-order valence-electron chi connectivity index (χ3n) is 2.75. The van der Waals surface area contributed by atoms with Crippen molar-refractivity contribution in [2.45, 2.75) is 52.0 Å². The number of hydrogen-bond donors (Lipinski definition) is 1. The molecule has 0 aromatic carbocycles. The lowest BCUT2D eigenvalue weighted by Crippen LogP contribution is -2.26. The molecule has 0 saturated heterocycles. The number of rotatable bonds is 2. The van der Waals surface area contributed by atoms with E-state index in [9.17, 15) is 0 Å². The van der Waals surface area contributed by atoms with Gasteiger partial charge in [-0.2, -0.15) is 0 Å². The first-order valence-corrected chi connectivity index (χ1v) is 5.07. The molecule has 0 radical (unpaired) electrons. The van der Waals surface area contributed by atoms with Crippen LogP contribution in [0, 0.1) is 5.92 Å². The van der Waals surface area contributed by atoms with Crippen LogP contribution in [0.5, 0.6) is 0 Å². The van der Waals surface area contributed by atoms with Crippen LogP contribution in [0.25, 0.3) is 0 Å². The summed E-state index contributed by atoms with van der Waals surface area (Å²) in [5, 5.41) is 0. The van der Waals surface area contributed by atoms with Crippen molar-refractivity contribution in [1.29, 1.82) is 0 Å². The van der Waals surface area contributed by atoms with E-state index >= 15 is 0 Å². The molecule has 0 aromatic heterocycles. The van der Waals surface area contributed by atoms with Crippen molar-refractivity contribution in [2.24, 2.45) is 11.7 Å². The van der Waals surface area contributed by atoms with E-state index in [1.807, 2.05) is 0 Å². The van der Waals surface area contributed by atoms with Gasteiger partial charge >= 0.3 is 0 Å². The average Bonchev–Trinajstić information content (AvgIpc) is 2.03. The molecule has 2 N–H and O–H groups in total. The topological polar surface area (TPSA) is 26.0 Å². The van der Waals surface area contributed by atoms with Gasteiger partial charge in [0.15, 0.2) is 0 Å². The molecule has 1 aliphatic carbocycles. The van der Waals surface area contributed by atoms with E-state index in [4.69, 9.17) is 5.73 Å². The third-order valence-corrected chi connectivity index (χ3v) is 2.75. The van der Waals surface area contributed by atoms with Gasteiger partial charge in [-0.3, -0.25) is 0 Å². The van der Waals surface area contributed by atoms with Gasteiger partial charge in [-0.15, -0.1) is 0 Å². The van der Waals surface area contributed by atoms with Gasteiger partial charge in [0.05, 0.1) is 0 Å². The van der Waals surface area contributed by atoms with Gasteiger partial charge < -0.3 is 5.73 Å². The van der Waals surface area contributed by atoms with E-state index in [0.29, 0.717) is 6.04 Å². The Morgan fingerprint density at radius 2 is 1.83 bits per heavy atom. The molecule has 12 heavy (non-hydrogen) atoms. The van der Waals surface area contributed by atoms with Crippen molar-refractivity contribution in [3.63, 3.8) is 0 Å². The van der Waals surface area contributed by atoms with Crippen molar-refractivity contribution in [3.8, 4) is 0 Å². The van der Waals surface area contributed by atoms with E-state index in [-0.39, 0.29) is 0 Å². The van der Waals surface area contributed by atoms with Crippen molar-refractivity contribution in [3.05, 3.63) is 11.6 Å². The summed E-state index contributed by atoms with van der Waals surface area (Å²) in [6, 6.07) is 0.493. The Balaban J connectivity index is 2.22. The highest BCUT2D eigenvalue weighted by Crippen LogP contribution is 2.26. The van der Waals surface area contributed by atoms with Crippen LogP contribution >= 0.6 is 0 Å². The average molecular weight is 167 g/mol. The zero-order chi connectivity index (χ0) is 8.97. The highest BCUT2D eigenvalue weighted by atomic mass is 14.6. The second-order valence-corrected chi connectivity index (χ2v) is 4.30. The van der Waals surface area contributed by atoms with Crippen molar-refractivity contribution in [1.82, 2.24) is 0 Å². The van der Waals surface area contributed by atoms with Gasteiger partial charge in [-0.1, -0.05) is 11.6 Å². The van der Waals surface area contributed by atoms with Crippen LogP contribution in [0.15, 0.2) is 11.6 Å². The van der Waals surface area contributed by atoms with Gasteiger partial charge in [0.2, 0.25) is 0 Å². The minimum absolute atomic E-state index is 0.493. The maximum absolute atomic E-state index is 5.84. The predicted molar refractivity (Wildman–Crippen MR) is 54.0 cm³/mol. The molecule has 0 aliphatic heterocycles. The number of hydrogen-bond acceptors (Lipinski definition) is 1. The van der Waals surface area contributed by atoms with Crippen LogP contribution in [-0.2, 0) is 0 Å². The lowest BCUT2D eigenvalue weighted by atomic mass is 9.84. The summed E-state index contributed by atoms with van der Waals surface area (Å²) in [6.45, 7) is 4.35. The van der Waals surface area contributed by atoms with Gasteiger partial charge in [-0.25, -0.2) is 0 Å². The Bertz CT molecular complexity index is 148. The van der Waals surface area contributed by atoms with Gasteiger partial charge in [0, 0.05) is 6.04 Å². The molecule has 0 bridgehead atoms. The zero-order valence-corrected chi connectivity index (χ0v) is 8.34. The minimum Gasteiger partial charge on any atom is -0.328 e. The highest BCUT2D eigenvalue weighted by molar-refractivity contribution is 4.94. The van der Waals surface area contributed by atoms with Crippen LogP contribution in [0.2, 0.25) is 0 Å². The fraction of sp³-hybridized carbons (Fsp3) is 0.818. The van der Waals surface area contributed by atoms with E-state index < -0.39 is 0 Å². The normalized spacial score (nSPS) is 29.9. The molecule has 0 spiro atoms. The standard InChI is InChI=1S/C11H21N/c1-9(2)3-4-10-5-7-11(12)8-6-10/h3,10-11H,4-8,12H2,1-2H3/t10-,11-. The van der Waals surface area contributed by atoms with E-state index in [0.717, 1.165) is 5.92 Å². The maximum atomic E-state index is 5.84. The molecular formula is C11H21N.